The Morgan fingerprint density at radius 1 is 1.22 bits per heavy atom. The number of carbonyl (C=O) groups excluding carboxylic acids is 1. The van der Waals surface area contributed by atoms with Crippen molar-refractivity contribution in [1.29, 1.82) is 0 Å². The van der Waals surface area contributed by atoms with E-state index < -0.39 is 17.5 Å². The summed E-state index contributed by atoms with van der Waals surface area (Å²) in [5.41, 5.74) is 6.94. The fraction of sp³-hybridized carbons (Fsp3) is 0.136. The molecule has 32 heavy (non-hydrogen) atoms. The second-order valence-corrected chi connectivity index (χ2v) is 6.94. The third-order valence-electron chi connectivity index (χ3n) is 4.99. The van der Waals surface area contributed by atoms with Crippen LogP contribution in [0.25, 0.3) is 17.5 Å². The molecule has 4 aromatic heterocycles. The second kappa shape index (κ2) is 7.65. The number of nitrogen functional groups attached to an aromatic ring is 1. The molecule has 10 nitrogen and oxygen atoms in total. The highest BCUT2D eigenvalue weighted by Crippen LogP contribution is 2.38. The zero-order valence-corrected chi connectivity index (χ0v) is 16.9. The van der Waals surface area contributed by atoms with Crippen molar-refractivity contribution in [2.75, 3.05) is 12.3 Å². The van der Waals surface area contributed by atoms with Crippen molar-refractivity contribution in [3.63, 3.8) is 0 Å². The van der Waals surface area contributed by atoms with Gasteiger partial charge in [-0.1, -0.05) is 12.1 Å². The number of anilines is 1. The number of rotatable bonds is 4. The Balaban J connectivity index is 1.92. The normalized spacial score (nSPS) is 15.3. The average Bonchev–Trinajstić information content (AvgIpc) is 3.33. The van der Waals surface area contributed by atoms with Gasteiger partial charge in [-0.25, -0.2) is 14.2 Å². The Hall–Kier alpha value is -4.47. The molecule has 5 heterocycles. The van der Waals surface area contributed by atoms with Crippen LogP contribution in [0.2, 0.25) is 0 Å². The first kappa shape index (κ1) is 19.5. The lowest BCUT2D eigenvalue weighted by Gasteiger charge is -2.21. The van der Waals surface area contributed by atoms with E-state index in [0.29, 0.717) is 16.8 Å². The van der Waals surface area contributed by atoms with E-state index >= 15 is 0 Å². The van der Waals surface area contributed by atoms with Crippen molar-refractivity contribution in [3.8, 4) is 5.88 Å². The van der Waals surface area contributed by atoms with E-state index in [2.05, 4.69) is 15.0 Å². The van der Waals surface area contributed by atoms with Crippen molar-refractivity contribution < 1.29 is 18.4 Å². The summed E-state index contributed by atoms with van der Waals surface area (Å²) < 4.78 is 17.9. The van der Waals surface area contributed by atoms with Crippen LogP contribution in [0.5, 0.6) is 0 Å². The molecular formula is C22H17N5O5. The largest absolute Gasteiger partial charge is 0.462 e. The molecule has 10 heteroatoms. The quantitative estimate of drug-likeness (QED) is 0.457. The van der Waals surface area contributed by atoms with Gasteiger partial charge in [0.25, 0.3) is 6.01 Å². The fourth-order valence-electron chi connectivity index (χ4n) is 3.74. The number of carbonyl (C=O) groups is 1. The number of hydrogen-bond acceptors (Lipinski definition) is 9. The van der Waals surface area contributed by atoms with Crippen molar-refractivity contribution in [3.05, 3.63) is 87.2 Å². The molecule has 1 aliphatic heterocycles. The van der Waals surface area contributed by atoms with Gasteiger partial charge in [-0.15, -0.1) is 0 Å². The van der Waals surface area contributed by atoms with E-state index in [-0.39, 0.29) is 35.0 Å². The molecule has 0 amide bonds. The Kier molecular flexibility index (Phi) is 4.66. The Labute approximate surface area is 180 Å². The molecule has 160 valence electrons. The summed E-state index contributed by atoms with van der Waals surface area (Å²) in [5.74, 6) is -1.22. The summed E-state index contributed by atoms with van der Waals surface area (Å²) in [6.07, 6.45) is 7.99. The van der Waals surface area contributed by atoms with Gasteiger partial charge in [-0.3, -0.25) is 9.97 Å². The van der Waals surface area contributed by atoms with Gasteiger partial charge in [-0.05, 0) is 36.3 Å². The van der Waals surface area contributed by atoms with Gasteiger partial charge >= 0.3 is 11.6 Å². The number of hydrogen-bond donors (Lipinski definition) is 1. The van der Waals surface area contributed by atoms with Gasteiger partial charge in [0.05, 0.1) is 12.5 Å². The molecule has 4 aromatic rings. The van der Waals surface area contributed by atoms with E-state index in [1.54, 1.807) is 62.1 Å². The number of aromatic nitrogens is 4. The first-order valence-corrected chi connectivity index (χ1v) is 9.80. The molecule has 5 rings (SSSR count). The molecule has 0 saturated heterocycles. The van der Waals surface area contributed by atoms with E-state index in [9.17, 15) is 9.59 Å². The van der Waals surface area contributed by atoms with Crippen LogP contribution in [0.15, 0.2) is 62.7 Å². The third kappa shape index (κ3) is 3.09. The molecule has 0 spiro atoms. The zero-order chi connectivity index (χ0) is 22.2. The standard InChI is InChI=1S/C22H17N5O5/c1-2-30-21(29)16-15(13-6-4-8-25-11-13)17-19(32-22(23)26-17)27-14(20(28)31-18(16)27)9-12-5-3-7-24-10-12/h3-11,15H,2H2,1H3,(H2,23,26)/b14-9+. The molecule has 1 aliphatic rings. The van der Waals surface area contributed by atoms with Gasteiger partial charge in [0, 0.05) is 24.8 Å². The van der Waals surface area contributed by atoms with Gasteiger partial charge in [0.1, 0.15) is 16.6 Å². The summed E-state index contributed by atoms with van der Waals surface area (Å²) in [6.45, 7) is 1.83. The van der Waals surface area contributed by atoms with E-state index in [4.69, 9.17) is 19.3 Å². The van der Waals surface area contributed by atoms with E-state index in [1.165, 1.54) is 4.57 Å². The number of fused-ring (bicyclic) bond motifs is 3. The van der Waals surface area contributed by atoms with Crippen LogP contribution in [0.1, 0.15) is 29.7 Å². The van der Waals surface area contributed by atoms with Crippen molar-refractivity contribution in [2.45, 2.75) is 12.8 Å². The first-order valence-electron chi connectivity index (χ1n) is 9.80. The smallest absolute Gasteiger partial charge is 0.362 e. The summed E-state index contributed by atoms with van der Waals surface area (Å²) in [4.78, 5) is 38.5. The Morgan fingerprint density at radius 3 is 2.69 bits per heavy atom. The minimum absolute atomic E-state index is 0.0129. The summed E-state index contributed by atoms with van der Waals surface area (Å²) in [5, 5.41) is 0.122. The van der Waals surface area contributed by atoms with Gasteiger partial charge < -0.3 is 19.3 Å². The molecule has 0 radical (unpaired) electrons. The van der Waals surface area contributed by atoms with Gasteiger partial charge in [-0.2, -0.15) is 4.98 Å². The average molecular weight is 431 g/mol. The van der Waals surface area contributed by atoms with Crippen LogP contribution in [0.3, 0.4) is 0 Å². The molecule has 0 bridgehead atoms. The topological polar surface area (TPSA) is 139 Å². The monoisotopic (exact) mass is 431 g/mol. The third-order valence-corrected chi connectivity index (χ3v) is 4.99. The molecule has 0 aliphatic carbocycles. The van der Waals surface area contributed by atoms with Crippen LogP contribution in [0.4, 0.5) is 6.01 Å². The first-order chi connectivity index (χ1) is 15.6. The van der Waals surface area contributed by atoms with Gasteiger partial charge in [0.2, 0.25) is 11.4 Å². The maximum atomic E-state index is 13.1. The molecule has 2 N–H and O–H groups in total. The zero-order valence-electron chi connectivity index (χ0n) is 16.9. The van der Waals surface area contributed by atoms with Crippen molar-refractivity contribution >= 4 is 23.6 Å². The maximum Gasteiger partial charge on any atom is 0.362 e. The predicted octanol–water partition coefficient (Wildman–Crippen LogP) is 0.479. The molecule has 0 fully saturated rings. The highest BCUT2D eigenvalue weighted by molar-refractivity contribution is 6.12. The number of pyridine rings is 2. The second-order valence-electron chi connectivity index (χ2n) is 6.94. The van der Waals surface area contributed by atoms with E-state index in [0.717, 1.165) is 0 Å². The van der Waals surface area contributed by atoms with Crippen molar-refractivity contribution in [1.82, 2.24) is 19.5 Å². The van der Waals surface area contributed by atoms with Gasteiger partial charge in [0.15, 0.2) is 0 Å². The Bertz CT molecular complexity index is 1490. The summed E-state index contributed by atoms with van der Waals surface area (Å²) >= 11 is 0. The summed E-state index contributed by atoms with van der Waals surface area (Å²) in [7, 11) is 0. The highest BCUT2D eigenvalue weighted by atomic mass is 16.5. The number of esters is 1. The number of oxazole rings is 2. The SMILES string of the molecule is CCOC(=O)C1=c2oc(=O)/c(=C\c3cccnc3)n2-c2oc(N)nc2C1c1cccnc1. The maximum absolute atomic E-state index is 13.1. The van der Waals surface area contributed by atoms with Crippen LogP contribution in [0, 0.1) is 0 Å². The molecule has 1 unspecified atom stereocenters. The van der Waals surface area contributed by atoms with Crippen LogP contribution in [-0.4, -0.2) is 32.1 Å². The van der Waals surface area contributed by atoms with Crippen LogP contribution >= 0.6 is 0 Å². The van der Waals surface area contributed by atoms with Crippen LogP contribution < -0.4 is 22.3 Å². The fourth-order valence-corrected chi connectivity index (χ4v) is 3.74. The van der Waals surface area contributed by atoms with E-state index in [1.807, 2.05) is 0 Å². The van der Waals surface area contributed by atoms with Crippen LogP contribution in [-0.2, 0) is 9.53 Å². The lowest BCUT2D eigenvalue weighted by atomic mass is 9.88. The molecule has 1 atom stereocenters. The minimum Gasteiger partial charge on any atom is -0.462 e. The highest BCUT2D eigenvalue weighted by Gasteiger charge is 2.39. The number of nitrogens with zero attached hydrogens (tertiary/aromatic N) is 4. The summed E-state index contributed by atoms with van der Waals surface area (Å²) in [6, 6.07) is 6.91. The molecule has 0 aromatic carbocycles. The number of nitrogens with two attached hydrogens (primary N) is 1. The minimum atomic E-state index is -0.754. The molecular weight excluding hydrogens is 414 g/mol. The predicted molar refractivity (Wildman–Crippen MR) is 112 cm³/mol. The Morgan fingerprint density at radius 2 is 2.00 bits per heavy atom. The molecule has 0 saturated carbocycles. The number of ether oxygens (including phenoxy) is 1. The lowest BCUT2D eigenvalue weighted by Crippen LogP contribution is -2.37. The lowest BCUT2D eigenvalue weighted by molar-refractivity contribution is -0.136. The van der Waals surface area contributed by atoms with Crippen molar-refractivity contribution in [2.24, 2.45) is 0 Å².